The molecule has 0 saturated heterocycles. The summed E-state index contributed by atoms with van der Waals surface area (Å²) in [5.74, 6) is -0.686. The second-order valence-corrected chi connectivity index (χ2v) is 7.99. The van der Waals surface area contributed by atoms with Gasteiger partial charge in [-0.1, -0.05) is 42.8 Å². The summed E-state index contributed by atoms with van der Waals surface area (Å²) in [5.41, 5.74) is 0.698. The average molecular weight is 379 g/mol. The fourth-order valence-electron chi connectivity index (χ4n) is 4.56. The maximum Gasteiger partial charge on any atom is 0.309 e. The van der Waals surface area contributed by atoms with Gasteiger partial charge in [0.2, 0.25) is 0 Å². The predicted octanol–water partition coefficient (Wildman–Crippen LogP) is 4.11. The van der Waals surface area contributed by atoms with Crippen molar-refractivity contribution in [3.8, 4) is 0 Å². The van der Waals surface area contributed by atoms with Crippen LogP contribution in [-0.2, 0) is 19.1 Å². The van der Waals surface area contributed by atoms with Crippen LogP contribution >= 0.6 is 0 Å². The molecule has 1 amide bonds. The number of carbonyl (C=O) groups excluding carboxylic acids is 3. The van der Waals surface area contributed by atoms with Crippen LogP contribution in [0.25, 0.3) is 10.8 Å². The summed E-state index contributed by atoms with van der Waals surface area (Å²) >= 11 is 0. The lowest BCUT2D eigenvalue weighted by atomic mass is 9.67. The number of anilines is 1. The van der Waals surface area contributed by atoms with E-state index >= 15 is 0 Å². The van der Waals surface area contributed by atoms with E-state index in [-0.39, 0.29) is 29.6 Å². The fraction of sp³-hybridized carbons (Fsp3) is 0.435. The van der Waals surface area contributed by atoms with Gasteiger partial charge in [-0.25, -0.2) is 0 Å². The van der Waals surface area contributed by atoms with Gasteiger partial charge in [-0.05, 0) is 44.1 Å². The zero-order valence-corrected chi connectivity index (χ0v) is 16.0. The highest BCUT2D eigenvalue weighted by atomic mass is 16.5. The zero-order chi connectivity index (χ0) is 19.7. The molecule has 0 heterocycles. The van der Waals surface area contributed by atoms with Crippen LogP contribution in [0.2, 0.25) is 0 Å². The van der Waals surface area contributed by atoms with Crippen LogP contribution in [0.4, 0.5) is 5.69 Å². The normalized spacial score (nSPS) is 25.2. The first kappa shape index (κ1) is 18.7. The van der Waals surface area contributed by atoms with E-state index in [2.05, 4.69) is 5.32 Å². The number of fused-ring (bicyclic) bond motifs is 3. The minimum Gasteiger partial charge on any atom is -0.452 e. The molecule has 146 valence electrons. The van der Waals surface area contributed by atoms with Gasteiger partial charge in [0.25, 0.3) is 5.91 Å². The van der Waals surface area contributed by atoms with Crippen molar-refractivity contribution in [2.24, 2.45) is 17.8 Å². The number of benzene rings is 2. The van der Waals surface area contributed by atoms with Crippen molar-refractivity contribution in [3.05, 3.63) is 42.5 Å². The summed E-state index contributed by atoms with van der Waals surface area (Å²) in [7, 11) is 0. The van der Waals surface area contributed by atoms with Crippen LogP contribution in [0.1, 0.15) is 39.0 Å². The number of ketones is 1. The third-order valence-electron chi connectivity index (χ3n) is 6.09. The van der Waals surface area contributed by atoms with Crippen molar-refractivity contribution in [2.45, 2.75) is 45.1 Å². The van der Waals surface area contributed by atoms with Crippen molar-refractivity contribution in [3.63, 3.8) is 0 Å². The third kappa shape index (κ3) is 3.66. The van der Waals surface area contributed by atoms with Gasteiger partial charge < -0.3 is 10.1 Å². The maximum atomic E-state index is 12.6. The number of hydrogen-bond donors (Lipinski definition) is 1. The van der Waals surface area contributed by atoms with Gasteiger partial charge in [0.1, 0.15) is 5.78 Å². The topological polar surface area (TPSA) is 72.5 Å². The van der Waals surface area contributed by atoms with Gasteiger partial charge in [0.05, 0.1) is 5.92 Å². The van der Waals surface area contributed by atoms with E-state index in [0.29, 0.717) is 24.3 Å². The lowest BCUT2D eigenvalue weighted by molar-refractivity contribution is -0.161. The number of rotatable bonds is 4. The van der Waals surface area contributed by atoms with Crippen molar-refractivity contribution < 1.29 is 19.1 Å². The van der Waals surface area contributed by atoms with Crippen molar-refractivity contribution in [1.29, 1.82) is 0 Å². The first-order valence-electron chi connectivity index (χ1n) is 10.1. The van der Waals surface area contributed by atoms with Crippen LogP contribution in [0.5, 0.6) is 0 Å². The summed E-state index contributed by atoms with van der Waals surface area (Å²) in [6.45, 7) is 1.59. The van der Waals surface area contributed by atoms with E-state index in [9.17, 15) is 14.4 Å². The Morgan fingerprint density at radius 3 is 2.46 bits per heavy atom. The zero-order valence-electron chi connectivity index (χ0n) is 16.0. The monoisotopic (exact) mass is 379 g/mol. The number of ether oxygens (including phenoxy) is 1. The number of amides is 1. The molecule has 0 spiro atoms. The highest BCUT2D eigenvalue weighted by Crippen LogP contribution is 2.40. The molecule has 0 aliphatic heterocycles. The molecule has 2 fully saturated rings. The highest BCUT2D eigenvalue weighted by molar-refractivity contribution is 6.03. The molecule has 5 heteroatoms. The number of Topliss-reactive ketones (excluding diaryl/α,β-unsaturated/α-hetero) is 1. The van der Waals surface area contributed by atoms with Crippen LogP contribution in [0.15, 0.2) is 42.5 Å². The van der Waals surface area contributed by atoms with Gasteiger partial charge in [0.15, 0.2) is 6.10 Å². The molecule has 0 radical (unpaired) electrons. The van der Waals surface area contributed by atoms with E-state index in [1.807, 2.05) is 42.5 Å². The lowest BCUT2D eigenvalue weighted by Gasteiger charge is -2.36. The van der Waals surface area contributed by atoms with E-state index < -0.39 is 6.10 Å². The number of nitrogens with one attached hydrogen (secondary N) is 1. The molecule has 2 aromatic carbocycles. The van der Waals surface area contributed by atoms with Crippen molar-refractivity contribution in [1.82, 2.24) is 0 Å². The third-order valence-corrected chi connectivity index (χ3v) is 6.09. The smallest absolute Gasteiger partial charge is 0.309 e. The quantitative estimate of drug-likeness (QED) is 0.812. The summed E-state index contributed by atoms with van der Waals surface area (Å²) in [5, 5.41) is 4.84. The van der Waals surface area contributed by atoms with Crippen molar-refractivity contribution in [2.75, 3.05) is 5.32 Å². The average Bonchev–Trinajstić information content (AvgIpc) is 2.68. The summed E-state index contributed by atoms with van der Waals surface area (Å²) in [6.07, 6.45) is 3.04. The van der Waals surface area contributed by atoms with E-state index in [1.54, 1.807) is 6.92 Å². The van der Waals surface area contributed by atoms with Crippen LogP contribution in [-0.4, -0.2) is 23.8 Å². The molecule has 2 bridgehead atoms. The SMILES string of the molecule is C[C@@H](OC(=O)C1C[C@H]2CCC[C@@H](C1)C2=O)C(=O)Nc1cccc2ccccc12. The molecule has 2 saturated carbocycles. The van der Waals surface area contributed by atoms with Gasteiger partial charge in [-0.2, -0.15) is 0 Å². The van der Waals surface area contributed by atoms with E-state index in [4.69, 9.17) is 4.74 Å². The van der Waals surface area contributed by atoms with Crippen LogP contribution in [0, 0.1) is 17.8 Å². The fourth-order valence-corrected chi connectivity index (χ4v) is 4.56. The van der Waals surface area contributed by atoms with Crippen molar-refractivity contribution >= 4 is 34.1 Å². The van der Waals surface area contributed by atoms with E-state index in [1.165, 1.54) is 0 Å². The highest BCUT2D eigenvalue weighted by Gasteiger charge is 2.42. The first-order valence-corrected chi connectivity index (χ1v) is 10.1. The molecule has 2 aromatic rings. The summed E-state index contributed by atoms with van der Waals surface area (Å²) in [6, 6.07) is 13.5. The minimum atomic E-state index is -0.885. The Bertz CT molecular complexity index is 900. The molecule has 1 N–H and O–H groups in total. The molecule has 28 heavy (non-hydrogen) atoms. The largest absolute Gasteiger partial charge is 0.452 e. The standard InChI is InChI=1S/C23H25NO4/c1-14(22(26)24-20-11-5-7-15-6-2-3-10-19(15)20)28-23(27)18-12-16-8-4-9-17(13-18)21(16)25/h2-3,5-7,10-11,14,16-18H,4,8-9,12-13H2,1H3,(H,24,26)/t14-,16-,17+,18?/m1/s1. The van der Waals surface area contributed by atoms with Crippen LogP contribution < -0.4 is 5.32 Å². The van der Waals surface area contributed by atoms with Crippen LogP contribution in [0.3, 0.4) is 0 Å². The number of carbonyl (C=O) groups is 3. The molecule has 5 nitrogen and oxygen atoms in total. The second-order valence-electron chi connectivity index (χ2n) is 7.99. The molecule has 1 unspecified atom stereocenters. The Kier molecular flexibility index (Phi) is 5.16. The maximum absolute atomic E-state index is 12.6. The Morgan fingerprint density at radius 2 is 1.71 bits per heavy atom. The first-order chi connectivity index (χ1) is 13.5. The molecule has 0 aromatic heterocycles. The molecule has 2 aliphatic rings. The molecular weight excluding hydrogens is 354 g/mol. The molecule has 2 aliphatic carbocycles. The Hall–Kier alpha value is -2.69. The number of esters is 1. The molecular formula is C23H25NO4. The van der Waals surface area contributed by atoms with Gasteiger partial charge >= 0.3 is 5.97 Å². The predicted molar refractivity (Wildman–Crippen MR) is 107 cm³/mol. The van der Waals surface area contributed by atoms with E-state index in [0.717, 1.165) is 30.0 Å². The Balaban J connectivity index is 1.39. The van der Waals surface area contributed by atoms with Gasteiger partial charge in [-0.3, -0.25) is 14.4 Å². The molecule has 4 atom stereocenters. The summed E-state index contributed by atoms with van der Waals surface area (Å²) < 4.78 is 5.47. The summed E-state index contributed by atoms with van der Waals surface area (Å²) in [4.78, 5) is 37.4. The number of hydrogen-bond acceptors (Lipinski definition) is 4. The lowest BCUT2D eigenvalue weighted by Crippen LogP contribution is -2.41. The Labute approximate surface area is 164 Å². The molecule has 4 rings (SSSR count). The van der Waals surface area contributed by atoms with Gasteiger partial charge in [0, 0.05) is 22.9 Å². The van der Waals surface area contributed by atoms with Gasteiger partial charge in [-0.15, -0.1) is 0 Å². The Morgan fingerprint density at radius 1 is 1.04 bits per heavy atom. The minimum absolute atomic E-state index is 0.00938. The second kappa shape index (κ2) is 7.74.